The zero-order chi connectivity index (χ0) is 16.8. The Kier molecular flexibility index (Phi) is 6.05. The Balaban J connectivity index is 2.00. The number of hydrogen-bond acceptors (Lipinski definition) is 2. The van der Waals surface area contributed by atoms with E-state index in [1.165, 1.54) is 5.56 Å². The molecule has 0 spiro atoms. The highest BCUT2D eigenvalue weighted by atomic mass is 35.5. The first-order valence-corrected chi connectivity index (χ1v) is 8.20. The average molecular weight is 332 g/mol. The van der Waals surface area contributed by atoms with E-state index in [-0.39, 0.29) is 5.91 Å². The summed E-state index contributed by atoms with van der Waals surface area (Å²) in [5, 5.41) is 3.54. The molecule has 0 unspecified atom stereocenters. The Morgan fingerprint density at radius 1 is 1.09 bits per heavy atom. The molecule has 0 saturated carbocycles. The molecule has 0 aliphatic heterocycles. The molecule has 0 saturated heterocycles. The van der Waals surface area contributed by atoms with Gasteiger partial charge in [0.1, 0.15) is 5.75 Å². The van der Waals surface area contributed by atoms with Crippen molar-refractivity contribution in [3.63, 3.8) is 0 Å². The third-order valence-corrected chi connectivity index (χ3v) is 3.85. The predicted octanol–water partition coefficient (Wildman–Crippen LogP) is 5.26. The van der Waals surface area contributed by atoms with Crippen molar-refractivity contribution in [2.75, 3.05) is 5.32 Å². The molecule has 0 radical (unpaired) electrons. The third-order valence-electron chi connectivity index (χ3n) is 3.60. The van der Waals surface area contributed by atoms with Crippen LogP contribution < -0.4 is 10.1 Å². The lowest BCUT2D eigenvalue weighted by atomic mass is 10.0. The second-order valence-corrected chi connectivity index (χ2v) is 6.17. The van der Waals surface area contributed by atoms with Gasteiger partial charge in [-0.3, -0.25) is 4.79 Å². The molecule has 2 rings (SSSR count). The minimum atomic E-state index is -0.541. The normalized spacial score (nSPS) is 12.0. The molecule has 2 aromatic carbocycles. The molecule has 122 valence electrons. The van der Waals surface area contributed by atoms with E-state index >= 15 is 0 Å². The van der Waals surface area contributed by atoms with Gasteiger partial charge in [-0.15, -0.1) is 0 Å². The Hall–Kier alpha value is -2.00. The van der Waals surface area contributed by atoms with Crippen molar-refractivity contribution in [1.29, 1.82) is 0 Å². The number of carbonyl (C=O) groups excluding carboxylic acids is 1. The van der Waals surface area contributed by atoms with Crippen molar-refractivity contribution in [1.82, 2.24) is 0 Å². The molecule has 3 nitrogen and oxygen atoms in total. The number of anilines is 1. The van der Waals surface area contributed by atoms with Crippen LogP contribution in [-0.2, 0) is 4.79 Å². The molecule has 0 aromatic heterocycles. The largest absolute Gasteiger partial charge is 0.481 e. The van der Waals surface area contributed by atoms with E-state index in [9.17, 15) is 4.79 Å². The second kappa shape index (κ2) is 8.02. The average Bonchev–Trinajstić information content (AvgIpc) is 2.54. The molecule has 1 amide bonds. The summed E-state index contributed by atoms with van der Waals surface area (Å²) in [5.74, 6) is 0.947. The van der Waals surface area contributed by atoms with Gasteiger partial charge in [-0.1, -0.05) is 44.5 Å². The lowest BCUT2D eigenvalue weighted by molar-refractivity contribution is -0.122. The van der Waals surface area contributed by atoms with Crippen molar-refractivity contribution in [3.8, 4) is 5.75 Å². The fourth-order valence-corrected chi connectivity index (χ4v) is 2.30. The third kappa shape index (κ3) is 5.00. The molecular formula is C19H22ClNO2. The van der Waals surface area contributed by atoms with Crippen LogP contribution in [0.25, 0.3) is 0 Å². The zero-order valence-electron chi connectivity index (χ0n) is 13.7. The predicted molar refractivity (Wildman–Crippen MR) is 95.3 cm³/mol. The van der Waals surface area contributed by atoms with Gasteiger partial charge < -0.3 is 10.1 Å². The van der Waals surface area contributed by atoms with Gasteiger partial charge in [-0.05, 0) is 54.3 Å². The Morgan fingerprint density at radius 2 is 1.70 bits per heavy atom. The lowest BCUT2D eigenvalue weighted by Gasteiger charge is -2.17. The summed E-state index contributed by atoms with van der Waals surface area (Å²) in [6.45, 7) is 6.20. The summed E-state index contributed by atoms with van der Waals surface area (Å²) in [6, 6.07) is 14.9. The quantitative estimate of drug-likeness (QED) is 0.784. The first-order valence-electron chi connectivity index (χ1n) is 7.82. The number of carbonyl (C=O) groups is 1. The van der Waals surface area contributed by atoms with Crippen LogP contribution in [0.3, 0.4) is 0 Å². The molecule has 0 aliphatic carbocycles. The number of amides is 1. The number of halogens is 1. The molecule has 23 heavy (non-hydrogen) atoms. The number of ether oxygens (including phenoxy) is 1. The number of benzene rings is 2. The Labute approximate surface area is 142 Å². The fourth-order valence-electron chi connectivity index (χ4n) is 2.17. The molecule has 0 fully saturated rings. The standard InChI is InChI=1S/C19H22ClNO2/c1-4-18(23-17-11-7-15(20)8-12-17)19(22)21-16-9-5-14(6-10-16)13(2)3/h5-13,18H,4H2,1-3H3,(H,21,22)/t18-/m1/s1. The van der Waals surface area contributed by atoms with Crippen LogP contribution >= 0.6 is 11.6 Å². The summed E-state index contributed by atoms with van der Waals surface area (Å²) in [7, 11) is 0. The molecule has 0 aliphatic rings. The van der Waals surface area contributed by atoms with Gasteiger partial charge in [0.25, 0.3) is 5.91 Å². The summed E-state index contributed by atoms with van der Waals surface area (Å²) in [5.41, 5.74) is 2.02. The second-order valence-electron chi connectivity index (χ2n) is 5.73. The smallest absolute Gasteiger partial charge is 0.265 e. The van der Waals surface area contributed by atoms with Crippen molar-refractivity contribution in [2.45, 2.75) is 39.2 Å². The SMILES string of the molecule is CC[C@@H](Oc1ccc(Cl)cc1)C(=O)Nc1ccc(C(C)C)cc1. The van der Waals surface area contributed by atoms with Crippen molar-refractivity contribution < 1.29 is 9.53 Å². The maximum atomic E-state index is 12.4. The van der Waals surface area contributed by atoms with Gasteiger partial charge in [0, 0.05) is 10.7 Å². The van der Waals surface area contributed by atoms with E-state index in [1.807, 2.05) is 31.2 Å². The van der Waals surface area contributed by atoms with Crippen LogP contribution in [0.2, 0.25) is 5.02 Å². The van der Waals surface area contributed by atoms with Crippen LogP contribution in [0.15, 0.2) is 48.5 Å². The van der Waals surface area contributed by atoms with Crippen molar-refractivity contribution >= 4 is 23.2 Å². The van der Waals surface area contributed by atoms with E-state index < -0.39 is 6.10 Å². The number of hydrogen-bond donors (Lipinski definition) is 1. The van der Waals surface area contributed by atoms with Crippen molar-refractivity contribution in [3.05, 3.63) is 59.1 Å². The summed E-state index contributed by atoms with van der Waals surface area (Å²) >= 11 is 5.85. The molecule has 1 N–H and O–H groups in total. The van der Waals surface area contributed by atoms with E-state index in [1.54, 1.807) is 24.3 Å². The maximum absolute atomic E-state index is 12.4. The summed E-state index contributed by atoms with van der Waals surface area (Å²) in [4.78, 5) is 12.4. The topological polar surface area (TPSA) is 38.3 Å². The molecule has 4 heteroatoms. The molecule has 0 heterocycles. The highest BCUT2D eigenvalue weighted by Crippen LogP contribution is 2.20. The van der Waals surface area contributed by atoms with Gasteiger partial charge >= 0.3 is 0 Å². The minimum Gasteiger partial charge on any atom is -0.481 e. The van der Waals surface area contributed by atoms with Crippen LogP contribution in [-0.4, -0.2) is 12.0 Å². The first-order chi connectivity index (χ1) is 11.0. The maximum Gasteiger partial charge on any atom is 0.265 e. The van der Waals surface area contributed by atoms with Gasteiger partial charge in [-0.2, -0.15) is 0 Å². The number of rotatable bonds is 6. The monoisotopic (exact) mass is 331 g/mol. The van der Waals surface area contributed by atoms with Crippen LogP contribution in [0.4, 0.5) is 5.69 Å². The van der Waals surface area contributed by atoms with E-state index in [0.29, 0.717) is 23.1 Å². The van der Waals surface area contributed by atoms with E-state index in [4.69, 9.17) is 16.3 Å². The van der Waals surface area contributed by atoms with Crippen LogP contribution in [0.5, 0.6) is 5.75 Å². The van der Waals surface area contributed by atoms with Gasteiger partial charge in [-0.25, -0.2) is 0 Å². The van der Waals surface area contributed by atoms with Crippen LogP contribution in [0, 0.1) is 0 Å². The molecule has 2 aromatic rings. The Bertz CT molecular complexity index is 635. The summed E-state index contributed by atoms with van der Waals surface area (Å²) in [6.07, 6.45) is 0.0411. The fraction of sp³-hybridized carbons (Fsp3) is 0.316. The van der Waals surface area contributed by atoms with Crippen LogP contribution in [0.1, 0.15) is 38.7 Å². The molecule has 1 atom stereocenters. The van der Waals surface area contributed by atoms with Gasteiger partial charge in [0.05, 0.1) is 0 Å². The highest BCUT2D eigenvalue weighted by molar-refractivity contribution is 6.30. The molecular weight excluding hydrogens is 310 g/mol. The van der Waals surface area contributed by atoms with E-state index in [0.717, 1.165) is 5.69 Å². The zero-order valence-corrected chi connectivity index (χ0v) is 14.4. The number of nitrogens with one attached hydrogen (secondary N) is 1. The molecule has 0 bridgehead atoms. The summed E-state index contributed by atoms with van der Waals surface area (Å²) < 4.78 is 5.74. The highest BCUT2D eigenvalue weighted by Gasteiger charge is 2.18. The van der Waals surface area contributed by atoms with Gasteiger partial charge in [0.2, 0.25) is 0 Å². The van der Waals surface area contributed by atoms with E-state index in [2.05, 4.69) is 19.2 Å². The van der Waals surface area contributed by atoms with Gasteiger partial charge in [0.15, 0.2) is 6.10 Å². The lowest BCUT2D eigenvalue weighted by Crippen LogP contribution is -2.32. The minimum absolute atomic E-state index is 0.153. The first kappa shape index (κ1) is 17.4. The van der Waals surface area contributed by atoms with Crippen molar-refractivity contribution in [2.24, 2.45) is 0 Å². The Morgan fingerprint density at radius 3 is 2.22 bits per heavy atom.